The van der Waals surface area contributed by atoms with Crippen molar-refractivity contribution in [3.63, 3.8) is 0 Å². The Bertz CT molecular complexity index is 241. The van der Waals surface area contributed by atoms with E-state index in [0.717, 1.165) is 0 Å². The number of halogens is 2. The van der Waals surface area contributed by atoms with Crippen molar-refractivity contribution in [1.29, 1.82) is 0 Å². The van der Waals surface area contributed by atoms with Gasteiger partial charge < -0.3 is 5.11 Å². The van der Waals surface area contributed by atoms with Gasteiger partial charge >= 0.3 is 0 Å². The van der Waals surface area contributed by atoms with Crippen molar-refractivity contribution in [2.24, 2.45) is 0 Å². The summed E-state index contributed by atoms with van der Waals surface area (Å²) in [5.74, 6) is -1.23. The molecule has 0 fully saturated rings. The minimum Gasteiger partial charge on any atom is -0.504 e. The highest BCUT2D eigenvalue weighted by Gasteiger charge is 2.00. The van der Waals surface area contributed by atoms with Crippen LogP contribution in [0.15, 0.2) is 12.1 Å². The monoisotopic (exact) mass is 205 g/mol. The summed E-state index contributed by atoms with van der Waals surface area (Å²) < 4.78 is 12.4. The average Bonchev–Trinajstić information content (AvgIpc) is 1.95. The van der Waals surface area contributed by atoms with Gasteiger partial charge in [0.2, 0.25) is 0 Å². The molecule has 0 aliphatic heterocycles. The van der Waals surface area contributed by atoms with E-state index in [1.807, 2.05) is 0 Å². The standard InChI is InChI=1S/C6H5BrFNO/c7-3-4-1-2-5(10)6(8)9-4/h1-2,10H,3H2. The molecule has 0 unspecified atom stereocenters. The van der Waals surface area contributed by atoms with Crippen LogP contribution in [0.2, 0.25) is 0 Å². The van der Waals surface area contributed by atoms with Crippen LogP contribution in [0.5, 0.6) is 5.75 Å². The Morgan fingerprint density at radius 3 is 2.80 bits per heavy atom. The summed E-state index contributed by atoms with van der Waals surface area (Å²) in [5.41, 5.74) is 0.565. The molecule has 1 heterocycles. The molecule has 0 aromatic carbocycles. The van der Waals surface area contributed by atoms with Crippen LogP contribution in [0.4, 0.5) is 4.39 Å². The van der Waals surface area contributed by atoms with Crippen molar-refractivity contribution >= 4 is 15.9 Å². The number of aromatic hydroxyl groups is 1. The van der Waals surface area contributed by atoms with Crippen molar-refractivity contribution in [2.75, 3.05) is 0 Å². The molecule has 0 saturated carbocycles. The zero-order valence-electron chi connectivity index (χ0n) is 5.01. The lowest BCUT2D eigenvalue weighted by molar-refractivity contribution is 0.417. The second kappa shape index (κ2) is 2.96. The molecule has 0 saturated heterocycles. The molecule has 54 valence electrons. The summed E-state index contributed by atoms with van der Waals surface area (Å²) in [4.78, 5) is 3.43. The lowest BCUT2D eigenvalue weighted by atomic mass is 10.4. The van der Waals surface area contributed by atoms with Gasteiger partial charge in [-0.2, -0.15) is 4.39 Å². The number of pyridine rings is 1. The average molecular weight is 206 g/mol. The van der Waals surface area contributed by atoms with E-state index in [4.69, 9.17) is 5.11 Å². The Hall–Kier alpha value is -0.640. The molecule has 10 heavy (non-hydrogen) atoms. The second-order valence-electron chi connectivity index (χ2n) is 1.75. The molecule has 0 aliphatic carbocycles. The fourth-order valence-corrected chi connectivity index (χ4v) is 0.851. The van der Waals surface area contributed by atoms with E-state index in [1.54, 1.807) is 6.07 Å². The maximum atomic E-state index is 12.4. The molecule has 0 spiro atoms. The molecule has 4 heteroatoms. The van der Waals surface area contributed by atoms with Crippen LogP contribution in [-0.2, 0) is 5.33 Å². The van der Waals surface area contributed by atoms with Crippen molar-refractivity contribution < 1.29 is 9.50 Å². The van der Waals surface area contributed by atoms with E-state index in [2.05, 4.69) is 20.9 Å². The van der Waals surface area contributed by atoms with Crippen LogP contribution in [0.1, 0.15) is 5.69 Å². The fraction of sp³-hybridized carbons (Fsp3) is 0.167. The van der Waals surface area contributed by atoms with Crippen LogP contribution in [-0.4, -0.2) is 10.1 Å². The lowest BCUT2D eigenvalue weighted by Gasteiger charge is -1.95. The predicted molar refractivity (Wildman–Crippen MR) is 38.5 cm³/mol. The second-order valence-corrected chi connectivity index (χ2v) is 2.31. The molecule has 0 radical (unpaired) electrons. The first-order valence-electron chi connectivity index (χ1n) is 2.64. The normalized spacial score (nSPS) is 9.80. The number of aromatic nitrogens is 1. The van der Waals surface area contributed by atoms with Crippen molar-refractivity contribution in [2.45, 2.75) is 5.33 Å². The fourth-order valence-electron chi connectivity index (χ4n) is 0.539. The van der Waals surface area contributed by atoms with Crippen LogP contribution >= 0.6 is 15.9 Å². The molecule has 1 N–H and O–H groups in total. The van der Waals surface area contributed by atoms with Crippen molar-refractivity contribution in [3.8, 4) is 5.75 Å². The minimum absolute atomic E-state index is 0.412. The zero-order valence-corrected chi connectivity index (χ0v) is 6.60. The van der Waals surface area contributed by atoms with E-state index in [-0.39, 0.29) is 0 Å². The van der Waals surface area contributed by atoms with Gasteiger partial charge in [-0.1, -0.05) is 15.9 Å². The minimum atomic E-state index is -0.822. The summed E-state index contributed by atoms with van der Waals surface area (Å²) in [5, 5.41) is 9.18. The van der Waals surface area contributed by atoms with Gasteiger partial charge in [-0.05, 0) is 12.1 Å². The van der Waals surface area contributed by atoms with Gasteiger partial charge in [0.25, 0.3) is 5.95 Å². The Labute approximate surface area is 65.8 Å². The summed E-state index contributed by atoms with van der Waals surface area (Å²) in [7, 11) is 0. The Balaban J connectivity index is 3.04. The summed E-state index contributed by atoms with van der Waals surface area (Å²) in [6.45, 7) is 0. The summed E-state index contributed by atoms with van der Waals surface area (Å²) >= 11 is 3.11. The SMILES string of the molecule is Oc1ccc(CBr)nc1F. The molecular weight excluding hydrogens is 201 g/mol. The van der Waals surface area contributed by atoms with Crippen molar-refractivity contribution in [3.05, 3.63) is 23.8 Å². The van der Waals surface area contributed by atoms with Crippen LogP contribution in [0.25, 0.3) is 0 Å². The first kappa shape index (κ1) is 7.47. The smallest absolute Gasteiger partial charge is 0.255 e. The van der Waals surface area contributed by atoms with E-state index in [1.165, 1.54) is 6.07 Å². The summed E-state index contributed by atoms with van der Waals surface area (Å²) in [6, 6.07) is 2.83. The molecule has 0 amide bonds. The third-order valence-corrected chi connectivity index (χ3v) is 1.60. The molecule has 1 aromatic rings. The number of hydrogen-bond donors (Lipinski definition) is 1. The molecule has 1 aromatic heterocycles. The zero-order chi connectivity index (χ0) is 7.56. The molecular formula is C6H5BrFNO. The quantitative estimate of drug-likeness (QED) is 0.561. The highest BCUT2D eigenvalue weighted by molar-refractivity contribution is 9.08. The van der Waals surface area contributed by atoms with E-state index in [0.29, 0.717) is 11.0 Å². The third-order valence-electron chi connectivity index (χ3n) is 1.02. The van der Waals surface area contributed by atoms with Crippen LogP contribution < -0.4 is 0 Å². The predicted octanol–water partition coefficient (Wildman–Crippen LogP) is 1.82. The largest absolute Gasteiger partial charge is 0.504 e. The van der Waals surface area contributed by atoms with Crippen LogP contribution in [0.3, 0.4) is 0 Å². The third kappa shape index (κ3) is 1.44. The molecule has 0 bridgehead atoms. The number of hydrogen-bond acceptors (Lipinski definition) is 2. The summed E-state index contributed by atoms with van der Waals surface area (Å²) in [6.07, 6.45) is 0. The Morgan fingerprint density at radius 1 is 1.60 bits per heavy atom. The Kier molecular flexibility index (Phi) is 2.21. The molecule has 1 rings (SSSR count). The van der Waals surface area contributed by atoms with Gasteiger partial charge in [0.15, 0.2) is 5.75 Å². The van der Waals surface area contributed by atoms with Gasteiger partial charge in [0.1, 0.15) is 0 Å². The van der Waals surface area contributed by atoms with Crippen molar-refractivity contribution in [1.82, 2.24) is 4.98 Å². The number of alkyl halides is 1. The maximum absolute atomic E-state index is 12.4. The van der Waals surface area contributed by atoms with Gasteiger partial charge in [-0.3, -0.25) is 0 Å². The van der Waals surface area contributed by atoms with E-state index in [9.17, 15) is 4.39 Å². The number of rotatable bonds is 1. The molecule has 2 nitrogen and oxygen atoms in total. The highest BCUT2D eigenvalue weighted by atomic mass is 79.9. The van der Waals surface area contributed by atoms with E-state index >= 15 is 0 Å². The van der Waals surface area contributed by atoms with E-state index < -0.39 is 11.7 Å². The van der Waals surface area contributed by atoms with Crippen LogP contribution in [0, 0.1) is 5.95 Å². The maximum Gasteiger partial charge on any atom is 0.255 e. The first-order valence-corrected chi connectivity index (χ1v) is 3.76. The van der Waals surface area contributed by atoms with Gasteiger partial charge in [-0.15, -0.1) is 0 Å². The topological polar surface area (TPSA) is 33.1 Å². The first-order chi connectivity index (χ1) is 4.74. The van der Waals surface area contributed by atoms with Gasteiger partial charge in [0, 0.05) is 5.33 Å². The van der Waals surface area contributed by atoms with Gasteiger partial charge in [0.05, 0.1) is 5.69 Å². The highest BCUT2D eigenvalue weighted by Crippen LogP contribution is 2.13. The molecule has 0 aliphatic rings. The Morgan fingerprint density at radius 2 is 2.30 bits per heavy atom. The molecule has 0 atom stereocenters. The van der Waals surface area contributed by atoms with Gasteiger partial charge in [-0.25, -0.2) is 4.98 Å². The lowest BCUT2D eigenvalue weighted by Crippen LogP contribution is -1.88. The number of nitrogens with zero attached hydrogens (tertiary/aromatic N) is 1.